The predicted octanol–water partition coefficient (Wildman–Crippen LogP) is 1.54. The Hall–Kier alpha value is -2.09. The summed E-state index contributed by atoms with van der Waals surface area (Å²) < 4.78 is 24.9. The number of carbonyl (C=O) groups is 1. The van der Waals surface area contributed by atoms with E-state index in [0.717, 1.165) is 29.7 Å². The summed E-state index contributed by atoms with van der Waals surface area (Å²) in [6.07, 6.45) is 2.93. The molecular weight excluding hydrogens is 340 g/mol. The van der Waals surface area contributed by atoms with Gasteiger partial charge in [0.15, 0.2) is 0 Å². The van der Waals surface area contributed by atoms with Crippen molar-refractivity contribution in [3.05, 3.63) is 30.1 Å². The van der Waals surface area contributed by atoms with E-state index >= 15 is 0 Å². The molecule has 2 amide bonds. The van der Waals surface area contributed by atoms with Crippen LogP contribution in [0.25, 0.3) is 11.0 Å². The summed E-state index contributed by atoms with van der Waals surface area (Å²) in [6.45, 7) is 1.49. The van der Waals surface area contributed by atoms with E-state index in [1.165, 1.54) is 6.26 Å². The third-order valence-corrected chi connectivity index (χ3v) is 5.70. The highest BCUT2D eigenvalue weighted by Crippen LogP contribution is 2.18. The van der Waals surface area contributed by atoms with E-state index in [1.807, 2.05) is 35.9 Å². The molecule has 136 valence electrons. The number of para-hydroxylation sites is 2. The van der Waals surface area contributed by atoms with Crippen molar-refractivity contribution in [3.63, 3.8) is 0 Å². The molecule has 0 radical (unpaired) electrons. The van der Waals surface area contributed by atoms with Crippen LogP contribution < -0.4 is 5.32 Å². The van der Waals surface area contributed by atoms with E-state index in [9.17, 15) is 13.2 Å². The molecule has 1 atom stereocenters. The molecule has 2 aromatic rings. The van der Waals surface area contributed by atoms with Gasteiger partial charge >= 0.3 is 6.03 Å². The Morgan fingerprint density at radius 2 is 2.12 bits per heavy atom. The zero-order valence-electron chi connectivity index (χ0n) is 14.6. The smallest absolute Gasteiger partial charge is 0.317 e. The van der Waals surface area contributed by atoms with Crippen molar-refractivity contribution in [3.8, 4) is 0 Å². The van der Waals surface area contributed by atoms with Crippen LogP contribution in [-0.4, -0.2) is 54.0 Å². The van der Waals surface area contributed by atoms with Gasteiger partial charge in [0.1, 0.15) is 15.7 Å². The lowest BCUT2D eigenvalue weighted by Gasteiger charge is -2.32. The molecule has 2 heterocycles. The first kappa shape index (κ1) is 17.7. The molecule has 1 aromatic carbocycles. The van der Waals surface area contributed by atoms with Gasteiger partial charge in [-0.15, -0.1) is 0 Å². The topological polar surface area (TPSA) is 84.3 Å². The first-order chi connectivity index (χ1) is 11.8. The Kier molecular flexibility index (Phi) is 4.99. The number of urea groups is 1. The summed E-state index contributed by atoms with van der Waals surface area (Å²) in [5.41, 5.74) is 1.93. The van der Waals surface area contributed by atoms with Gasteiger partial charge in [0, 0.05) is 26.4 Å². The fourth-order valence-corrected chi connectivity index (χ4v) is 4.56. The van der Waals surface area contributed by atoms with E-state index in [-0.39, 0.29) is 17.7 Å². The molecule has 0 saturated carbocycles. The van der Waals surface area contributed by atoms with Crippen molar-refractivity contribution in [2.24, 2.45) is 13.0 Å². The van der Waals surface area contributed by atoms with Crippen molar-refractivity contribution in [2.75, 3.05) is 25.1 Å². The quantitative estimate of drug-likeness (QED) is 0.892. The number of piperidine rings is 1. The number of hydrogen-bond acceptors (Lipinski definition) is 4. The second-order valence-electron chi connectivity index (χ2n) is 6.78. The zero-order valence-corrected chi connectivity index (χ0v) is 15.4. The molecule has 1 saturated heterocycles. The van der Waals surface area contributed by atoms with Crippen LogP contribution >= 0.6 is 0 Å². The standard InChI is InChI=1S/C17H24N4O3S/c1-20-15-8-4-3-7-14(15)19-16(20)10-18-17(22)21-9-5-6-13(11-21)12-25(2,23)24/h3-4,7-8,13H,5-6,9-12H2,1-2H3,(H,18,22). The number of carbonyl (C=O) groups excluding carboxylic acids is 1. The highest BCUT2D eigenvalue weighted by atomic mass is 32.2. The summed E-state index contributed by atoms with van der Waals surface area (Å²) >= 11 is 0. The number of fused-ring (bicyclic) bond motifs is 1. The summed E-state index contributed by atoms with van der Waals surface area (Å²) in [6, 6.07) is 7.68. The average molecular weight is 364 g/mol. The number of imidazole rings is 1. The number of hydrogen-bond donors (Lipinski definition) is 1. The minimum absolute atomic E-state index is 0.0187. The maximum absolute atomic E-state index is 12.4. The number of nitrogens with zero attached hydrogens (tertiary/aromatic N) is 3. The Morgan fingerprint density at radius 1 is 1.36 bits per heavy atom. The van der Waals surface area contributed by atoms with Gasteiger partial charge in [-0.2, -0.15) is 0 Å². The van der Waals surface area contributed by atoms with Crippen LogP contribution in [0.2, 0.25) is 0 Å². The van der Waals surface area contributed by atoms with Crippen molar-refractivity contribution >= 4 is 26.9 Å². The maximum atomic E-state index is 12.4. The number of aryl methyl sites for hydroxylation is 1. The Balaban J connectivity index is 1.61. The molecule has 1 aromatic heterocycles. The van der Waals surface area contributed by atoms with Crippen LogP contribution in [0.4, 0.5) is 4.79 Å². The minimum Gasteiger partial charge on any atom is -0.331 e. The molecule has 25 heavy (non-hydrogen) atoms. The van der Waals surface area contributed by atoms with E-state index in [4.69, 9.17) is 0 Å². The second-order valence-corrected chi connectivity index (χ2v) is 8.97. The molecule has 1 aliphatic heterocycles. The van der Waals surface area contributed by atoms with Gasteiger partial charge in [0.2, 0.25) is 0 Å². The number of aromatic nitrogens is 2. The minimum atomic E-state index is -3.02. The average Bonchev–Trinajstić information content (AvgIpc) is 2.88. The molecule has 3 rings (SSSR count). The summed E-state index contributed by atoms with van der Waals surface area (Å²) in [4.78, 5) is 18.7. The van der Waals surface area contributed by atoms with Crippen LogP contribution in [0.5, 0.6) is 0 Å². The van der Waals surface area contributed by atoms with Crippen molar-refractivity contribution in [2.45, 2.75) is 19.4 Å². The molecule has 1 N–H and O–H groups in total. The first-order valence-electron chi connectivity index (χ1n) is 8.44. The molecular formula is C17H24N4O3S. The number of nitrogens with one attached hydrogen (secondary N) is 1. The van der Waals surface area contributed by atoms with E-state index in [0.29, 0.717) is 19.6 Å². The summed E-state index contributed by atoms with van der Waals surface area (Å²) in [5.74, 6) is 0.950. The van der Waals surface area contributed by atoms with Crippen LogP contribution in [0, 0.1) is 5.92 Å². The van der Waals surface area contributed by atoms with Crippen LogP contribution in [-0.2, 0) is 23.4 Å². The molecule has 8 heteroatoms. The lowest BCUT2D eigenvalue weighted by Crippen LogP contribution is -2.46. The highest BCUT2D eigenvalue weighted by Gasteiger charge is 2.26. The Bertz CT molecular complexity index is 875. The third kappa shape index (κ3) is 4.31. The fourth-order valence-electron chi connectivity index (χ4n) is 3.43. The van der Waals surface area contributed by atoms with Gasteiger partial charge in [0.25, 0.3) is 0 Å². The van der Waals surface area contributed by atoms with Crippen molar-refractivity contribution < 1.29 is 13.2 Å². The van der Waals surface area contributed by atoms with E-state index in [1.54, 1.807) is 4.90 Å². The van der Waals surface area contributed by atoms with Crippen LogP contribution in [0.15, 0.2) is 24.3 Å². The van der Waals surface area contributed by atoms with Gasteiger partial charge in [-0.05, 0) is 30.9 Å². The summed E-state index contributed by atoms with van der Waals surface area (Å²) in [5, 5.41) is 2.91. The highest BCUT2D eigenvalue weighted by molar-refractivity contribution is 7.90. The molecule has 0 aliphatic carbocycles. The molecule has 7 nitrogen and oxygen atoms in total. The lowest BCUT2D eigenvalue weighted by atomic mass is 10.0. The second kappa shape index (κ2) is 7.03. The normalized spacial score (nSPS) is 18.5. The van der Waals surface area contributed by atoms with Crippen LogP contribution in [0.1, 0.15) is 18.7 Å². The monoisotopic (exact) mass is 364 g/mol. The van der Waals surface area contributed by atoms with Crippen molar-refractivity contribution in [1.29, 1.82) is 0 Å². The fraction of sp³-hybridized carbons (Fsp3) is 0.529. The van der Waals surface area contributed by atoms with E-state index in [2.05, 4.69) is 10.3 Å². The van der Waals surface area contributed by atoms with E-state index < -0.39 is 9.84 Å². The molecule has 0 spiro atoms. The molecule has 1 unspecified atom stereocenters. The number of benzene rings is 1. The van der Waals surface area contributed by atoms with Crippen molar-refractivity contribution in [1.82, 2.24) is 19.8 Å². The SMILES string of the molecule is Cn1c(CNC(=O)N2CCCC(CS(C)(=O)=O)C2)nc2ccccc21. The number of rotatable bonds is 4. The number of amides is 2. The number of sulfone groups is 1. The first-order valence-corrected chi connectivity index (χ1v) is 10.5. The summed E-state index contributed by atoms with van der Waals surface area (Å²) in [7, 11) is -1.09. The van der Waals surface area contributed by atoms with Gasteiger partial charge in [-0.25, -0.2) is 18.2 Å². The Labute approximate surface area is 147 Å². The van der Waals surface area contributed by atoms with Gasteiger partial charge in [0.05, 0.1) is 23.3 Å². The maximum Gasteiger partial charge on any atom is 0.317 e. The van der Waals surface area contributed by atoms with Gasteiger partial charge in [-0.3, -0.25) is 0 Å². The molecule has 1 fully saturated rings. The molecule has 1 aliphatic rings. The zero-order chi connectivity index (χ0) is 18.0. The number of likely N-dealkylation sites (tertiary alicyclic amines) is 1. The third-order valence-electron chi connectivity index (χ3n) is 4.62. The largest absolute Gasteiger partial charge is 0.331 e. The Morgan fingerprint density at radius 3 is 2.84 bits per heavy atom. The van der Waals surface area contributed by atoms with Crippen LogP contribution in [0.3, 0.4) is 0 Å². The van der Waals surface area contributed by atoms with Gasteiger partial charge < -0.3 is 14.8 Å². The predicted molar refractivity (Wildman–Crippen MR) is 97.0 cm³/mol. The van der Waals surface area contributed by atoms with Gasteiger partial charge in [-0.1, -0.05) is 12.1 Å². The lowest BCUT2D eigenvalue weighted by molar-refractivity contribution is 0.169. The molecule has 0 bridgehead atoms.